The Balaban J connectivity index is 1.60. The Labute approximate surface area is 104 Å². The highest BCUT2D eigenvalue weighted by molar-refractivity contribution is 5.33. The van der Waals surface area contributed by atoms with Crippen LogP contribution in [-0.2, 0) is 17.6 Å². The third kappa shape index (κ3) is 3.83. The van der Waals surface area contributed by atoms with Gasteiger partial charge >= 0.3 is 0 Å². The van der Waals surface area contributed by atoms with Gasteiger partial charge in [0.15, 0.2) is 0 Å². The molecule has 0 amide bonds. The SMILES string of the molecule is COCCCCCNC1Cc2ccccc2C1. The first-order valence-corrected chi connectivity index (χ1v) is 6.69. The molecule has 94 valence electrons. The Morgan fingerprint density at radius 2 is 1.82 bits per heavy atom. The molecule has 1 aliphatic rings. The van der Waals surface area contributed by atoms with E-state index in [1.165, 1.54) is 43.2 Å². The Bertz CT molecular complexity index is 312. The van der Waals surface area contributed by atoms with Gasteiger partial charge in [-0.25, -0.2) is 0 Å². The average Bonchev–Trinajstić information content (AvgIpc) is 2.76. The largest absolute Gasteiger partial charge is 0.385 e. The van der Waals surface area contributed by atoms with Crippen molar-refractivity contribution in [1.82, 2.24) is 5.32 Å². The number of nitrogens with one attached hydrogen (secondary N) is 1. The van der Waals surface area contributed by atoms with Gasteiger partial charge in [-0.1, -0.05) is 24.3 Å². The molecule has 2 rings (SSSR count). The minimum atomic E-state index is 0.662. The van der Waals surface area contributed by atoms with Gasteiger partial charge < -0.3 is 10.1 Å². The predicted octanol–water partition coefficient (Wildman–Crippen LogP) is 2.56. The summed E-state index contributed by atoms with van der Waals surface area (Å²) in [6.45, 7) is 2.04. The number of hydrogen-bond acceptors (Lipinski definition) is 2. The molecule has 0 fully saturated rings. The smallest absolute Gasteiger partial charge is 0.0462 e. The van der Waals surface area contributed by atoms with Crippen molar-refractivity contribution in [1.29, 1.82) is 0 Å². The van der Waals surface area contributed by atoms with Crippen molar-refractivity contribution in [2.45, 2.75) is 38.1 Å². The summed E-state index contributed by atoms with van der Waals surface area (Å²) in [5, 5.41) is 3.66. The molecule has 1 N–H and O–H groups in total. The first-order valence-electron chi connectivity index (χ1n) is 6.69. The molecule has 0 bridgehead atoms. The lowest BCUT2D eigenvalue weighted by Crippen LogP contribution is -2.30. The number of rotatable bonds is 7. The number of methoxy groups -OCH3 is 1. The molecule has 2 heteroatoms. The molecule has 0 saturated carbocycles. The lowest BCUT2D eigenvalue weighted by atomic mass is 10.1. The van der Waals surface area contributed by atoms with Crippen molar-refractivity contribution in [3.8, 4) is 0 Å². The van der Waals surface area contributed by atoms with Crippen molar-refractivity contribution >= 4 is 0 Å². The number of benzene rings is 1. The van der Waals surface area contributed by atoms with Gasteiger partial charge in [0.2, 0.25) is 0 Å². The zero-order chi connectivity index (χ0) is 11.9. The van der Waals surface area contributed by atoms with Crippen LogP contribution in [0.3, 0.4) is 0 Å². The second kappa shape index (κ2) is 6.77. The Kier molecular flexibility index (Phi) is 5.02. The van der Waals surface area contributed by atoms with E-state index in [2.05, 4.69) is 29.6 Å². The number of ether oxygens (including phenoxy) is 1. The van der Waals surface area contributed by atoms with Crippen molar-refractivity contribution in [3.05, 3.63) is 35.4 Å². The normalized spacial score (nSPS) is 15.1. The molecule has 17 heavy (non-hydrogen) atoms. The molecule has 1 aromatic carbocycles. The quantitative estimate of drug-likeness (QED) is 0.731. The van der Waals surface area contributed by atoms with Gasteiger partial charge in [-0.15, -0.1) is 0 Å². The second-order valence-corrected chi connectivity index (χ2v) is 4.88. The van der Waals surface area contributed by atoms with Crippen LogP contribution in [0.2, 0.25) is 0 Å². The zero-order valence-corrected chi connectivity index (χ0v) is 10.7. The molecule has 1 aromatic rings. The monoisotopic (exact) mass is 233 g/mol. The summed E-state index contributed by atoms with van der Waals surface area (Å²) in [6.07, 6.45) is 6.11. The molecule has 0 atom stereocenters. The van der Waals surface area contributed by atoms with Crippen LogP contribution in [0.25, 0.3) is 0 Å². The molecule has 0 radical (unpaired) electrons. The molecule has 0 aliphatic heterocycles. The van der Waals surface area contributed by atoms with Gasteiger partial charge in [0.25, 0.3) is 0 Å². The summed E-state index contributed by atoms with van der Waals surface area (Å²) in [5.74, 6) is 0. The van der Waals surface area contributed by atoms with E-state index < -0.39 is 0 Å². The lowest BCUT2D eigenvalue weighted by molar-refractivity contribution is 0.192. The van der Waals surface area contributed by atoms with Crippen LogP contribution in [-0.4, -0.2) is 26.3 Å². The molecular formula is C15H23NO. The summed E-state index contributed by atoms with van der Waals surface area (Å²) in [5.41, 5.74) is 3.06. The van der Waals surface area contributed by atoms with Crippen LogP contribution in [0.5, 0.6) is 0 Å². The van der Waals surface area contributed by atoms with E-state index in [4.69, 9.17) is 4.74 Å². The maximum absolute atomic E-state index is 5.04. The van der Waals surface area contributed by atoms with Crippen molar-refractivity contribution in [3.63, 3.8) is 0 Å². The van der Waals surface area contributed by atoms with E-state index in [9.17, 15) is 0 Å². The fourth-order valence-electron chi connectivity index (χ4n) is 2.56. The second-order valence-electron chi connectivity index (χ2n) is 4.88. The first-order chi connectivity index (χ1) is 8.40. The lowest BCUT2D eigenvalue weighted by Gasteiger charge is -2.11. The maximum atomic E-state index is 5.04. The molecular weight excluding hydrogens is 210 g/mol. The average molecular weight is 233 g/mol. The van der Waals surface area contributed by atoms with Crippen molar-refractivity contribution in [2.75, 3.05) is 20.3 Å². The minimum Gasteiger partial charge on any atom is -0.385 e. The van der Waals surface area contributed by atoms with Crippen LogP contribution in [0.4, 0.5) is 0 Å². The van der Waals surface area contributed by atoms with E-state index >= 15 is 0 Å². The standard InChI is InChI=1S/C15H23NO/c1-17-10-6-2-5-9-16-15-11-13-7-3-4-8-14(13)12-15/h3-4,7-8,15-16H,2,5-6,9-12H2,1H3. The van der Waals surface area contributed by atoms with Crippen LogP contribution >= 0.6 is 0 Å². The summed E-state index contributed by atoms with van der Waals surface area (Å²) >= 11 is 0. The number of hydrogen-bond donors (Lipinski definition) is 1. The molecule has 2 nitrogen and oxygen atoms in total. The van der Waals surface area contributed by atoms with Crippen molar-refractivity contribution in [2.24, 2.45) is 0 Å². The molecule has 0 aromatic heterocycles. The third-order valence-electron chi connectivity index (χ3n) is 3.51. The van der Waals surface area contributed by atoms with Gasteiger partial charge in [-0.3, -0.25) is 0 Å². The Morgan fingerprint density at radius 1 is 1.12 bits per heavy atom. The molecule has 1 aliphatic carbocycles. The third-order valence-corrected chi connectivity index (χ3v) is 3.51. The van der Waals surface area contributed by atoms with Gasteiger partial charge in [-0.05, 0) is 49.8 Å². The summed E-state index contributed by atoms with van der Waals surface area (Å²) < 4.78 is 5.04. The predicted molar refractivity (Wildman–Crippen MR) is 71.4 cm³/mol. The van der Waals surface area contributed by atoms with Crippen molar-refractivity contribution < 1.29 is 4.74 Å². The van der Waals surface area contributed by atoms with E-state index in [1.54, 1.807) is 7.11 Å². The van der Waals surface area contributed by atoms with Crippen LogP contribution < -0.4 is 5.32 Å². The van der Waals surface area contributed by atoms with Gasteiger partial charge in [0.1, 0.15) is 0 Å². The topological polar surface area (TPSA) is 21.3 Å². The van der Waals surface area contributed by atoms with Gasteiger partial charge in [0, 0.05) is 19.8 Å². The van der Waals surface area contributed by atoms with Gasteiger partial charge in [-0.2, -0.15) is 0 Å². The summed E-state index contributed by atoms with van der Waals surface area (Å²) in [6, 6.07) is 9.47. The fraction of sp³-hybridized carbons (Fsp3) is 0.600. The van der Waals surface area contributed by atoms with E-state index in [0.717, 1.165) is 13.2 Å². The highest BCUT2D eigenvalue weighted by atomic mass is 16.5. The fourth-order valence-corrected chi connectivity index (χ4v) is 2.56. The van der Waals surface area contributed by atoms with Crippen LogP contribution in [0.1, 0.15) is 30.4 Å². The van der Waals surface area contributed by atoms with E-state index in [0.29, 0.717) is 6.04 Å². The number of fused-ring (bicyclic) bond motifs is 1. The molecule has 0 unspecified atom stereocenters. The minimum absolute atomic E-state index is 0.662. The zero-order valence-electron chi connectivity index (χ0n) is 10.7. The van der Waals surface area contributed by atoms with E-state index in [1.807, 2.05) is 0 Å². The van der Waals surface area contributed by atoms with Crippen LogP contribution in [0, 0.1) is 0 Å². The first kappa shape index (κ1) is 12.6. The molecule has 0 heterocycles. The van der Waals surface area contributed by atoms with Crippen LogP contribution in [0.15, 0.2) is 24.3 Å². The molecule has 0 saturated heterocycles. The maximum Gasteiger partial charge on any atom is 0.0462 e. The van der Waals surface area contributed by atoms with Gasteiger partial charge in [0.05, 0.1) is 0 Å². The number of unbranched alkanes of at least 4 members (excludes halogenated alkanes) is 2. The Morgan fingerprint density at radius 3 is 2.47 bits per heavy atom. The summed E-state index contributed by atoms with van der Waals surface area (Å²) in [4.78, 5) is 0. The summed E-state index contributed by atoms with van der Waals surface area (Å²) in [7, 11) is 1.77. The molecule has 0 spiro atoms. The van der Waals surface area contributed by atoms with E-state index in [-0.39, 0.29) is 0 Å². The highest BCUT2D eigenvalue weighted by Crippen LogP contribution is 2.21. The highest BCUT2D eigenvalue weighted by Gasteiger charge is 2.19. The Hall–Kier alpha value is -0.860.